The van der Waals surface area contributed by atoms with Crippen LogP contribution in [0.2, 0.25) is 0 Å². The SMILES string of the molecule is CC(C)(C)c1cc2cc3c(c4ccccc4n3-c3ccccc3)c3c4cc5ccccc5cc4n1c23. The Labute approximate surface area is 209 Å². The van der Waals surface area contributed by atoms with Gasteiger partial charge in [0.25, 0.3) is 0 Å². The Morgan fingerprint density at radius 2 is 1.19 bits per heavy atom. The monoisotopic (exact) mass is 462 g/mol. The summed E-state index contributed by atoms with van der Waals surface area (Å²) in [5.74, 6) is 0. The van der Waals surface area contributed by atoms with Gasteiger partial charge in [0.2, 0.25) is 0 Å². The van der Waals surface area contributed by atoms with Crippen LogP contribution in [-0.4, -0.2) is 8.97 Å². The lowest BCUT2D eigenvalue weighted by molar-refractivity contribution is 0.567. The van der Waals surface area contributed by atoms with Gasteiger partial charge in [-0.1, -0.05) is 81.4 Å². The molecule has 0 spiro atoms. The fourth-order valence-electron chi connectivity index (χ4n) is 6.35. The summed E-state index contributed by atoms with van der Waals surface area (Å²) in [7, 11) is 0. The molecule has 5 aromatic carbocycles. The number of hydrogen-bond acceptors (Lipinski definition) is 0. The van der Waals surface area contributed by atoms with Crippen molar-refractivity contribution in [3.8, 4) is 5.69 Å². The topological polar surface area (TPSA) is 9.34 Å². The van der Waals surface area contributed by atoms with Crippen molar-refractivity contribution in [3.63, 3.8) is 0 Å². The number of nitrogens with zero attached hydrogens (tertiary/aromatic N) is 2. The number of rotatable bonds is 1. The van der Waals surface area contributed by atoms with Crippen LogP contribution in [-0.2, 0) is 5.41 Å². The van der Waals surface area contributed by atoms with Crippen molar-refractivity contribution in [2.45, 2.75) is 26.2 Å². The Morgan fingerprint density at radius 3 is 1.97 bits per heavy atom. The molecule has 0 radical (unpaired) electrons. The molecular formula is C34H26N2. The van der Waals surface area contributed by atoms with Crippen molar-refractivity contribution in [1.82, 2.24) is 8.97 Å². The first-order valence-corrected chi connectivity index (χ1v) is 12.7. The molecule has 0 aliphatic heterocycles. The van der Waals surface area contributed by atoms with E-state index in [0.29, 0.717) is 0 Å². The molecule has 8 aromatic rings. The first kappa shape index (κ1) is 19.9. The van der Waals surface area contributed by atoms with Gasteiger partial charge in [-0.05, 0) is 53.2 Å². The Balaban J connectivity index is 1.71. The lowest BCUT2D eigenvalue weighted by Crippen LogP contribution is -2.13. The molecule has 0 unspecified atom stereocenters. The van der Waals surface area contributed by atoms with Crippen LogP contribution in [0.25, 0.3) is 65.5 Å². The van der Waals surface area contributed by atoms with Crippen LogP contribution in [0.4, 0.5) is 0 Å². The first-order chi connectivity index (χ1) is 17.5. The Morgan fingerprint density at radius 1 is 0.528 bits per heavy atom. The van der Waals surface area contributed by atoms with Gasteiger partial charge in [-0.25, -0.2) is 0 Å². The summed E-state index contributed by atoms with van der Waals surface area (Å²) in [6.45, 7) is 6.97. The summed E-state index contributed by atoms with van der Waals surface area (Å²) >= 11 is 0. The van der Waals surface area contributed by atoms with Gasteiger partial charge in [-0.2, -0.15) is 0 Å². The molecule has 0 amide bonds. The fraction of sp³-hybridized carbons (Fsp3) is 0.118. The van der Waals surface area contributed by atoms with Crippen molar-refractivity contribution in [2.24, 2.45) is 0 Å². The summed E-state index contributed by atoms with van der Waals surface area (Å²) in [5, 5.41) is 9.23. The maximum Gasteiger partial charge on any atom is 0.0618 e. The molecule has 2 nitrogen and oxygen atoms in total. The van der Waals surface area contributed by atoms with Crippen molar-refractivity contribution in [2.75, 3.05) is 0 Å². The second-order valence-corrected chi connectivity index (χ2v) is 11.1. The quantitative estimate of drug-likeness (QED) is 0.230. The van der Waals surface area contributed by atoms with E-state index in [1.165, 1.54) is 71.2 Å². The molecule has 2 heteroatoms. The van der Waals surface area contributed by atoms with Crippen LogP contribution in [0.1, 0.15) is 26.5 Å². The highest BCUT2D eigenvalue weighted by molar-refractivity contribution is 6.33. The van der Waals surface area contributed by atoms with E-state index >= 15 is 0 Å². The highest BCUT2D eigenvalue weighted by atomic mass is 15.0. The molecular weight excluding hydrogens is 436 g/mol. The Bertz CT molecular complexity index is 2110. The first-order valence-electron chi connectivity index (χ1n) is 12.7. The lowest BCUT2D eigenvalue weighted by atomic mass is 9.92. The van der Waals surface area contributed by atoms with Crippen molar-refractivity contribution in [3.05, 3.63) is 109 Å². The molecule has 0 bridgehead atoms. The predicted octanol–water partition coefficient (Wildman–Crippen LogP) is 9.23. The van der Waals surface area contributed by atoms with Crippen LogP contribution in [0, 0.1) is 0 Å². The fourth-order valence-corrected chi connectivity index (χ4v) is 6.35. The van der Waals surface area contributed by atoms with Crippen LogP contribution >= 0.6 is 0 Å². The summed E-state index contributed by atoms with van der Waals surface area (Å²) < 4.78 is 4.98. The molecule has 0 aliphatic carbocycles. The van der Waals surface area contributed by atoms with Gasteiger partial charge < -0.3 is 8.97 Å². The maximum atomic E-state index is 2.54. The zero-order chi connectivity index (χ0) is 24.2. The molecule has 0 N–H and O–H groups in total. The van der Waals surface area contributed by atoms with Gasteiger partial charge in [-0.3, -0.25) is 0 Å². The van der Waals surface area contributed by atoms with Crippen molar-refractivity contribution in [1.29, 1.82) is 0 Å². The molecule has 0 saturated heterocycles. The Hall–Kier alpha value is -4.30. The molecule has 3 aromatic heterocycles. The molecule has 0 saturated carbocycles. The number of hydrogen-bond donors (Lipinski definition) is 0. The van der Waals surface area contributed by atoms with E-state index in [4.69, 9.17) is 0 Å². The number of aromatic nitrogens is 2. The third-order valence-electron chi connectivity index (χ3n) is 7.88. The smallest absolute Gasteiger partial charge is 0.0618 e. The maximum absolute atomic E-state index is 2.54. The molecule has 8 rings (SSSR count). The molecule has 36 heavy (non-hydrogen) atoms. The summed E-state index contributed by atoms with van der Waals surface area (Å²) in [6.07, 6.45) is 0. The molecule has 3 heterocycles. The van der Waals surface area contributed by atoms with E-state index in [0.717, 1.165) is 0 Å². The average molecular weight is 463 g/mol. The van der Waals surface area contributed by atoms with Gasteiger partial charge in [0.05, 0.1) is 22.1 Å². The summed E-state index contributed by atoms with van der Waals surface area (Å²) in [6, 6.07) is 38.0. The standard InChI is InChI=1S/C34H26N2/c1-34(2,3)30-20-23-19-29-31(25-15-9-10-16-27(25)35(29)24-13-5-4-6-14-24)32-26-17-21-11-7-8-12-22(21)18-28(26)36(30)33(23)32/h4-20H,1-3H3. The minimum atomic E-state index is 0.0189. The van der Waals surface area contributed by atoms with Gasteiger partial charge >= 0.3 is 0 Å². The number of fused-ring (bicyclic) bond motifs is 8. The van der Waals surface area contributed by atoms with Crippen molar-refractivity contribution < 1.29 is 0 Å². The van der Waals surface area contributed by atoms with E-state index in [2.05, 4.69) is 133 Å². The highest BCUT2D eigenvalue weighted by Gasteiger charge is 2.27. The van der Waals surface area contributed by atoms with Gasteiger partial charge in [0.15, 0.2) is 0 Å². The van der Waals surface area contributed by atoms with Crippen molar-refractivity contribution >= 4 is 59.8 Å². The van der Waals surface area contributed by atoms with E-state index in [1.54, 1.807) is 0 Å². The molecule has 0 atom stereocenters. The largest absolute Gasteiger partial charge is 0.312 e. The van der Waals surface area contributed by atoms with Crippen LogP contribution in [0.5, 0.6) is 0 Å². The highest BCUT2D eigenvalue weighted by Crippen LogP contribution is 2.46. The normalized spacial score (nSPS) is 12.9. The second kappa shape index (κ2) is 6.67. The second-order valence-electron chi connectivity index (χ2n) is 11.1. The predicted molar refractivity (Wildman–Crippen MR) is 154 cm³/mol. The van der Waals surface area contributed by atoms with E-state index in [1.807, 2.05) is 0 Å². The zero-order valence-electron chi connectivity index (χ0n) is 20.7. The third kappa shape index (κ3) is 2.46. The van der Waals surface area contributed by atoms with Crippen LogP contribution < -0.4 is 0 Å². The molecule has 0 fully saturated rings. The van der Waals surface area contributed by atoms with E-state index < -0.39 is 0 Å². The third-order valence-corrected chi connectivity index (χ3v) is 7.88. The molecule has 0 aliphatic rings. The average Bonchev–Trinajstić information content (AvgIpc) is 3.53. The summed E-state index contributed by atoms with van der Waals surface area (Å²) in [4.78, 5) is 0. The Kier molecular flexibility index (Phi) is 3.70. The zero-order valence-corrected chi connectivity index (χ0v) is 20.7. The number of benzene rings is 5. The molecule has 172 valence electrons. The van der Waals surface area contributed by atoms with Crippen LogP contribution in [0.3, 0.4) is 0 Å². The van der Waals surface area contributed by atoms with Crippen LogP contribution in [0.15, 0.2) is 103 Å². The number of para-hydroxylation sites is 2. The van der Waals surface area contributed by atoms with E-state index in [-0.39, 0.29) is 5.41 Å². The van der Waals surface area contributed by atoms with Gasteiger partial charge in [0, 0.05) is 43.7 Å². The minimum Gasteiger partial charge on any atom is -0.312 e. The minimum absolute atomic E-state index is 0.0189. The lowest BCUT2D eigenvalue weighted by Gasteiger charge is -2.18. The van der Waals surface area contributed by atoms with E-state index in [9.17, 15) is 0 Å². The van der Waals surface area contributed by atoms with Gasteiger partial charge in [0.1, 0.15) is 0 Å². The summed E-state index contributed by atoms with van der Waals surface area (Å²) in [5.41, 5.74) is 7.73. The van der Waals surface area contributed by atoms with Gasteiger partial charge in [-0.15, -0.1) is 0 Å².